The van der Waals surface area contributed by atoms with Crippen LogP contribution in [0.3, 0.4) is 0 Å². The molecule has 0 atom stereocenters. The highest BCUT2D eigenvalue weighted by Crippen LogP contribution is 2.09. The predicted molar refractivity (Wildman–Crippen MR) is 64.0 cm³/mol. The second kappa shape index (κ2) is 6.94. The van der Waals surface area contributed by atoms with Gasteiger partial charge in [-0.2, -0.15) is 0 Å². The van der Waals surface area contributed by atoms with Gasteiger partial charge in [0, 0.05) is 6.42 Å². The molecule has 0 heterocycles. The van der Waals surface area contributed by atoms with E-state index in [4.69, 9.17) is 0 Å². The van der Waals surface area contributed by atoms with Crippen molar-refractivity contribution < 1.29 is 9.18 Å². The molecule has 0 spiro atoms. The second-order valence-corrected chi connectivity index (χ2v) is 3.72. The van der Waals surface area contributed by atoms with Gasteiger partial charge < -0.3 is 0 Å². The highest BCUT2D eigenvalue weighted by molar-refractivity contribution is 5.97. The molecule has 0 bridgehead atoms. The second-order valence-electron chi connectivity index (χ2n) is 3.72. The van der Waals surface area contributed by atoms with Gasteiger partial charge in [-0.15, -0.1) is 0 Å². The summed E-state index contributed by atoms with van der Waals surface area (Å²) >= 11 is 0. The van der Waals surface area contributed by atoms with E-state index in [-0.39, 0.29) is 17.8 Å². The van der Waals surface area contributed by atoms with Crippen LogP contribution in [0.4, 0.5) is 4.39 Å². The lowest BCUT2D eigenvalue weighted by Crippen LogP contribution is -2.00. The zero-order chi connectivity index (χ0) is 11.8. The largest absolute Gasteiger partial charge is 0.294 e. The molecule has 0 saturated heterocycles. The Morgan fingerprint density at radius 3 is 2.75 bits per heavy atom. The van der Waals surface area contributed by atoms with Crippen LogP contribution in [0, 0.1) is 5.82 Å². The number of carbonyl (C=O) groups is 1. The molecule has 0 aromatic heterocycles. The molecule has 1 rings (SSSR count). The summed E-state index contributed by atoms with van der Waals surface area (Å²) in [4.78, 5) is 11.6. The van der Waals surface area contributed by atoms with Crippen molar-refractivity contribution in [2.45, 2.75) is 32.6 Å². The average molecular weight is 220 g/mol. The molecule has 0 aliphatic rings. The zero-order valence-electron chi connectivity index (χ0n) is 9.58. The first-order valence-corrected chi connectivity index (χ1v) is 5.68. The molecule has 86 valence electrons. The average Bonchev–Trinajstić information content (AvgIpc) is 2.29. The van der Waals surface area contributed by atoms with Gasteiger partial charge in [-0.05, 0) is 18.6 Å². The molecule has 2 heteroatoms. The summed E-state index contributed by atoms with van der Waals surface area (Å²) in [6.45, 7) is 2.12. The van der Waals surface area contributed by atoms with Crippen molar-refractivity contribution in [1.29, 1.82) is 0 Å². The monoisotopic (exact) mass is 220 g/mol. The molecule has 1 aromatic carbocycles. The Balaban J connectivity index is 2.47. The van der Waals surface area contributed by atoms with Crippen LogP contribution in [0.25, 0.3) is 0 Å². The smallest absolute Gasteiger partial charge is 0.169 e. The van der Waals surface area contributed by atoms with Gasteiger partial charge in [0.2, 0.25) is 0 Å². The number of allylic oxidation sites excluding steroid dienone is 2. The first-order valence-electron chi connectivity index (χ1n) is 5.68. The molecule has 0 amide bonds. The van der Waals surface area contributed by atoms with Crippen LogP contribution in [0.5, 0.6) is 0 Å². The van der Waals surface area contributed by atoms with Gasteiger partial charge in [-0.25, -0.2) is 4.39 Å². The Kier molecular flexibility index (Phi) is 5.48. The lowest BCUT2D eigenvalue weighted by Gasteiger charge is -1.98. The van der Waals surface area contributed by atoms with Crippen LogP contribution in [-0.4, -0.2) is 5.78 Å². The number of rotatable bonds is 6. The Morgan fingerprint density at radius 2 is 2.06 bits per heavy atom. The molecule has 0 aliphatic carbocycles. The number of unbranched alkanes of at least 4 members (excludes halogenated alkanes) is 2. The SMILES string of the molecule is CCCC/C=C\CC(=O)c1ccccc1F. The molecule has 0 saturated carbocycles. The number of hydrogen-bond acceptors (Lipinski definition) is 1. The minimum absolute atomic E-state index is 0.161. The van der Waals surface area contributed by atoms with Gasteiger partial charge in [-0.3, -0.25) is 4.79 Å². The van der Waals surface area contributed by atoms with Crippen LogP contribution in [0.15, 0.2) is 36.4 Å². The molecular weight excluding hydrogens is 203 g/mol. The van der Waals surface area contributed by atoms with Crippen LogP contribution >= 0.6 is 0 Å². The van der Waals surface area contributed by atoms with Crippen molar-refractivity contribution in [2.24, 2.45) is 0 Å². The van der Waals surface area contributed by atoms with E-state index in [0.717, 1.165) is 19.3 Å². The molecule has 0 radical (unpaired) electrons. The van der Waals surface area contributed by atoms with E-state index in [1.807, 2.05) is 12.2 Å². The van der Waals surface area contributed by atoms with Crippen LogP contribution in [0.1, 0.15) is 43.0 Å². The number of benzene rings is 1. The molecule has 1 nitrogen and oxygen atoms in total. The third kappa shape index (κ3) is 3.97. The molecule has 0 aliphatic heterocycles. The van der Waals surface area contributed by atoms with Crippen LogP contribution < -0.4 is 0 Å². The summed E-state index contributed by atoms with van der Waals surface area (Å²) in [5.41, 5.74) is 0.183. The Bertz CT molecular complexity index is 369. The summed E-state index contributed by atoms with van der Waals surface area (Å²) < 4.78 is 13.2. The lowest BCUT2D eigenvalue weighted by molar-refractivity contribution is 0.0992. The van der Waals surface area contributed by atoms with E-state index >= 15 is 0 Å². The van der Waals surface area contributed by atoms with Gasteiger partial charge in [0.15, 0.2) is 5.78 Å². The lowest BCUT2D eigenvalue weighted by atomic mass is 10.1. The van der Waals surface area contributed by atoms with Crippen LogP contribution in [0.2, 0.25) is 0 Å². The van der Waals surface area contributed by atoms with Crippen molar-refractivity contribution in [2.75, 3.05) is 0 Å². The Labute approximate surface area is 96.0 Å². The van der Waals surface area contributed by atoms with Crippen molar-refractivity contribution in [3.8, 4) is 0 Å². The highest BCUT2D eigenvalue weighted by atomic mass is 19.1. The molecule has 16 heavy (non-hydrogen) atoms. The fraction of sp³-hybridized carbons (Fsp3) is 0.357. The van der Waals surface area contributed by atoms with E-state index < -0.39 is 5.82 Å². The summed E-state index contributed by atoms with van der Waals surface area (Å²) in [5, 5.41) is 0. The van der Waals surface area contributed by atoms with Crippen molar-refractivity contribution in [3.63, 3.8) is 0 Å². The zero-order valence-corrected chi connectivity index (χ0v) is 9.58. The number of Topliss-reactive ketones (excluding diaryl/α,β-unsaturated/α-hetero) is 1. The number of hydrogen-bond donors (Lipinski definition) is 0. The van der Waals surface area contributed by atoms with Crippen molar-refractivity contribution >= 4 is 5.78 Å². The standard InChI is InChI=1S/C14H17FO/c1-2-3-4-5-6-11-14(16)12-9-7-8-10-13(12)15/h5-10H,2-4,11H2,1H3/b6-5-. The summed E-state index contributed by atoms with van der Waals surface area (Å²) in [5.74, 6) is -0.597. The third-order valence-electron chi connectivity index (χ3n) is 2.37. The third-order valence-corrected chi connectivity index (χ3v) is 2.37. The van der Waals surface area contributed by atoms with E-state index in [0.29, 0.717) is 0 Å². The number of carbonyl (C=O) groups excluding carboxylic acids is 1. The maximum absolute atomic E-state index is 13.2. The Morgan fingerprint density at radius 1 is 1.31 bits per heavy atom. The topological polar surface area (TPSA) is 17.1 Å². The van der Waals surface area contributed by atoms with Gasteiger partial charge in [0.05, 0.1) is 5.56 Å². The van der Waals surface area contributed by atoms with E-state index in [1.54, 1.807) is 12.1 Å². The first-order chi connectivity index (χ1) is 7.75. The van der Waals surface area contributed by atoms with E-state index in [9.17, 15) is 9.18 Å². The maximum atomic E-state index is 13.2. The molecule has 0 N–H and O–H groups in total. The minimum atomic E-state index is -0.436. The predicted octanol–water partition coefficient (Wildman–Crippen LogP) is 4.14. The molecule has 1 aromatic rings. The highest BCUT2D eigenvalue weighted by Gasteiger charge is 2.08. The Hall–Kier alpha value is -1.44. The van der Waals surface area contributed by atoms with Crippen molar-refractivity contribution in [1.82, 2.24) is 0 Å². The normalized spacial score (nSPS) is 10.9. The minimum Gasteiger partial charge on any atom is -0.294 e. The van der Waals surface area contributed by atoms with E-state index in [1.165, 1.54) is 12.1 Å². The van der Waals surface area contributed by atoms with Gasteiger partial charge in [0.1, 0.15) is 5.82 Å². The van der Waals surface area contributed by atoms with Crippen LogP contribution in [-0.2, 0) is 0 Å². The fourth-order valence-electron chi connectivity index (χ4n) is 1.43. The molecule has 0 fully saturated rings. The van der Waals surface area contributed by atoms with E-state index in [2.05, 4.69) is 6.92 Å². The maximum Gasteiger partial charge on any atom is 0.169 e. The van der Waals surface area contributed by atoms with Crippen molar-refractivity contribution in [3.05, 3.63) is 47.8 Å². The number of ketones is 1. The fourth-order valence-corrected chi connectivity index (χ4v) is 1.43. The first kappa shape index (κ1) is 12.6. The molecular formula is C14H17FO. The molecule has 0 unspecified atom stereocenters. The number of halogens is 1. The van der Waals surface area contributed by atoms with Gasteiger partial charge in [0.25, 0.3) is 0 Å². The van der Waals surface area contributed by atoms with Gasteiger partial charge in [-0.1, -0.05) is 44.1 Å². The summed E-state index contributed by atoms with van der Waals surface area (Å²) in [6, 6.07) is 6.10. The van der Waals surface area contributed by atoms with Gasteiger partial charge >= 0.3 is 0 Å². The summed E-state index contributed by atoms with van der Waals surface area (Å²) in [6.07, 6.45) is 7.36. The summed E-state index contributed by atoms with van der Waals surface area (Å²) in [7, 11) is 0. The quantitative estimate of drug-likeness (QED) is 0.400.